The Morgan fingerprint density at radius 3 is 2.67 bits per heavy atom. The molecule has 1 aromatic heterocycles. The van der Waals surface area contributed by atoms with Crippen molar-refractivity contribution < 1.29 is 4.39 Å². The second-order valence-electron chi connectivity index (χ2n) is 10.5. The number of benzene rings is 2. The third-order valence-corrected chi connectivity index (χ3v) is 7.74. The summed E-state index contributed by atoms with van der Waals surface area (Å²) in [6.07, 6.45) is 6.73. The number of nitrogens with zero attached hydrogens (tertiary/aromatic N) is 3. The summed E-state index contributed by atoms with van der Waals surface area (Å²) in [5, 5.41) is 20.2. The molecule has 1 aliphatic heterocycles. The Morgan fingerprint density at radius 2 is 2.00 bits per heavy atom. The van der Waals surface area contributed by atoms with Gasteiger partial charge in [0, 0.05) is 35.7 Å². The Morgan fingerprint density at radius 1 is 1.25 bits per heavy atom. The molecule has 2 aliphatic rings. The summed E-state index contributed by atoms with van der Waals surface area (Å²) in [5.74, 6) is -0.287. The number of anilines is 2. The fraction of sp³-hybridized carbons (Fsp3) is 0.308. The summed E-state index contributed by atoms with van der Waals surface area (Å²) < 4.78 is 13.7. The predicted octanol–water partition coefficient (Wildman–Crippen LogP) is 5.67. The van der Waals surface area contributed by atoms with Gasteiger partial charge in [-0.1, -0.05) is 43.4 Å². The van der Waals surface area contributed by atoms with E-state index in [1.807, 2.05) is 12.1 Å². The molecule has 1 atom stereocenters. The highest BCUT2D eigenvalue weighted by Gasteiger charge is 2.32. The Balaban J connectivity index is 1.55. The summed E-state index contributed by atoms with van der Waals surface area (Å²) in [6.45, 7) is 6.80. The molecule has 0 bridgehead atoms. The van der Waals surface area contributed by atoms with Crippen molar-refractivity contribution in [2.75, 3.05) is 16.8 Å². The van der Waals surface area contributed by atoms with Crippen LogP contribution in [0.25, 0.3) is 10.9 Å². The molecular weight excluding hydrogens is 493 g/mol. The van der Waals surface area contributed by atoms with Gasteiger partial charge in [0.2, 0.25) is 0 Å². The van der Waals surface area contributed by atoms with E-state index in [0.29, 0.717) is 22.1 Å². The monoisotopic (exact) mass is 521 g/mol. The van der Waals surface area contributed by atoms with Gasteiger partial charge >= 0.3 is 0 Å². The van der Waals surface area contributed by atoms with E-state index >= 15 is 0 Å². The summed E-state index contributed by atoms with van der Waals surface area (Å²) in [7, 11) is -1.44. The Bertz CT molecular complexity index is 1360. The van der Waals surface area contributed by atoms with E-state index in [2.05, 4.69) is 63.5 Å². The second-order valence-corrected chi connectivity index (χ2v) is 16.4. The maximum atomic E-state index is 13.7. The lowest BCUT2D eigenvalue weighted by Gasteiger charge is -2.23. The van der Waals surface area contributed by atoms with Gasteiger partial charge in [0.1, 0.15) is 11.9 Å². The van der Waals surface area contributed by atoms with Gasteiger partial charge in [-0.3, -0.25) is 9.99 Å². The molecule has 186 valence electrons. The number of nitriles is 1. The lowest BCUT2D eigenvalue weighted by molar-refractivity contribution is 0.260. The number of hydrazine groups is 2. The number of rotatable bonds is 8. The third kappa shape index (κ3) is 5.26. The van der Waals surface area contributed by atoms with E-state index in [1.54, 1.807) is 18.3 Å². The van der Waals surface area contributed by atoms with E-state index < -0.39 is 8.07 Å². The van der Waals surface area contributed by atoms with E-state index in [0.717, 1.165) is 47.0 Å². The Hall–Kier alpha value is -3.32. The molecule has 0 radical (unpaired) electrons. The number of fused-ring (bicyclic) bond motifs is 1. The van der Waals surface area contributed by atoms with Gasteiger partial charge in [0.05, 0.1) is 41.6 Å². The third-order valence-electron chi connectivity index (χ3n) is 6.21. The fourth-order valence-corrected chi connectivity index (χ4v) is 5.15. The molecule has 1 unspecified atom stereocenters. The zero-order chi connectivity index (χ0) is 25.4. The van der Waals surface area contributed by atoms with Crippen LogP contribution >= 0.6 is 11.6 Å². The van der Waals surface area contributed by atoms with Gasteiger partial charge in [-0.05, 0) is 42.7 Å². The first kappa shape index (κ1) is 24.4. The number of nitrogens with one attached hydrogen (secondary N) is 4. The van der Waals surface area contributed by atoms with Gasteiger partial charge in [-0.25, -0.2) is 4.39 Å². The number of pyridine rings is 1. The highest BCUT2D eigenvalue weighted by molar-refractivity contribution is 6.76. The average molecular weight is 522 g/mol. The molecule has 5 rings (SSSR count). The first-order valence-electron chi connectivity index (χ1n) is 12.0. The summed E-state index contributed by atoms with van der Waals surface area (Å²) in [4.78, 5) is 4.47. The number of hydrogen-bond acceptors (Lipinski definition) is 7. The van der Waals surface area contributed by atoms with Crippen LogP contribution in [0.1, 0.15) is 30.0 Å². The number of halogens is 2. The van der Waals surface area contributed by atoms with Gasteiger partial charge in [0.25, 0.3) is 0 Å². The molecule has 36 heavy (non-hydrogen) atoms. The summed E-state index contributed by atoms with van der Waals surface area (Å²) in [6, 6.07) is 12.7. The maximum absolute atomic E-state index is 13.7. The molecule has 1 aliphatic carbocycles. The number of aromatic nitrogens is 1. The van der Waals surface area contributed by atoms with Gasteiger partial charge in [-0.15, -0.1) is 5.53 Å². The van der Waals surface area contributed by atoms with Crippen molar-refractivity contribution in [1.82, 2.24) is 21.0 Å². The molecule has 0 amide bonds. The molecule has 0 spiro atoms. The predicted molar refractivity (Wildman–Crippen MR) is 145 cm³/mol. The first-order chi connectivity index (χ1) is 17.2. The summed E-state index contributed by atoms with van der Waals surface area (Å²) in [5.41, 5.74) is 10.9. The van der Waals surface area contributed by atoms with Crippen LogP contribution in [0.5, 0.6) is 0 Å². The normalized spacial score (nSPS) is 16.3. The average Bonchev–Trinajstić information content (AvgIpc) is 3.58. The molecule has 4 N–H and O–H groups in total. The minimum Gasteiger partial charge on any atom is -0.386 e. The summed E-state index contributed by atoms with van der Waals surface area (Å²) >= 11 is 6.70. The van der Waals surface area contributed by atoms with Crippen LogP contribution in [0.3, 0.4) is 0 Å². The lowest BCUT2D eigenvalue weighted by Crippen LogP contribution is -2.38. The largest absolute Gasteiger partial charge is 0.386 e. The lowest BCUT2D eigenvalue weighted by atomic mass is 10.0. The zero-order valence-corrected chi connectivity index (χ0v) is 22.2. The van der Waals surface area contributed by atoms with Gasteiger partial charge < -0.3 is 16.1 Å². The van der Waals surface area contributed by atoms with Crippen molar-refractivity contribution in [1.29, 1.82) is 5.26 Å². The Labute approximate surface area is 216 Å². The van der Waals surface area contributed by atoms with Crippen molar-refractivity contribution in [3.63, 3.8) is 0 Å². The highest BCUT2D eigenvalue weighted by atomic mass is 35.5. The SMILES string of the molecule is C[Si](C)(C)CNc1c(C#N)cnc2c(Cl)cc(NC(C3=CN(C4CC4)NN3)c3ccc(F)cc3)cc12. The highest BCUT2D eigenvalue weighted by Crippen LogP contribution is 2.36. The maximum Gasteiger partial charge on any atom is 0.123 e. The molecule has 0 saturated heterocycles. The van der Waals surface area contributed by atoms with Crippen LogP contribution in [0.15, 0.2) is 54.5 Å². The van der Waals surface area contributed by atoms with Crippen molar-refractivity contribution in [3.8, 4) is 6.07 Å². The minimum atomic E-state index is -1.44. The second kappa shape index (κ2) is 9.62. The number of hydrogen-bond donors (Lipinski definition) is 4. The fourth-order valence-electron chi connectivity index (χ4n) is 4.17. The molecule has 2 aromatic carbocycles. The van der Waals surface area contributed by atoms with Gasteiger partial charge in [0.15, 0.2) is 0 Å². The van der Waals surface area contributed by atoms with Crippen LogP contribution in [0.2, 0.25) is 24.7 Å². The van der Waals surface area contributed by atoms with Crippen molar-refractivity contribution in [2.24, 2.45) is 0 Å². The van der Waals surface area contributed by atoms with E-state index in [4.69, 9.17) is 11.6 Å². The van der Waals surface area contributed by atoms with Crippen LogP contribution in [0, 0.1) is 17.1 Å². The molecule has 2 heterocycles. The van der Waals surface area contributed by atoms with Crippen molar-refractivity contribution >= 4 is 42.0 Å². The first-order valence-corrected chi connectivity index (χ1v) is 16.1. The van der Waals surface area contributed by atoms with Crippen molar-refractivity contribution in [3.05, 3.63) is 76.5 Å². The van der Waals surface area contributed by atoms with Crippen LogP contribution in [-0.2, 0) is 0 Å². The topological polar surface area (TPSA) is 88.0 Å². The van der Waals surface area contributed by atoms with E-state index in [9.17, 15) is 9.65 Å². The molecule has 3 aromatic rings. The zero-order valence-electron chi connectivity index (χ0n) is 20.5. The molecule has 10 heteroatoms. The molecular formula is C26H29ClFN7Si. The van der Waals surface area contributed by atoms with E-state index in [-0.39, 0.29) is 11.9 Å². The van der Waals surface area contributed by atoms with Gasteiger partial charge in [-0.2, -0.15) is 5.26 Å². The van der Waals surface area contributed by atoms with Crippen LogP contribution in [0.4, 0.5) is 15.8 Å². The minimum absolute atomic E-state index is 0.287. The standard InChI is InChI=1S/C26H29ClFN7Si/c1-36(2,3)15-31-24-17(12-29)13-30-26-21(24)10-19(11-22(26)27)32-25(16-4-6-18(28)7-5-16)23-14-35(34-33-23)20-8-9-20/h4-7,10-11,13-14,20,25,32-34H,8-9,15H2,1-3H3,(H,30,31). The smallest absolute Gasteiger partial charge is 0.123 e. The molecule has 1 fully saturated rings. The van der Waals surface area contributed by atoms with Crippen LogP contribution < -0.4 is 21.6 Å². The van der Waals surface area contributed by atoms with Crippen molar-refractivity contribution in [2.45, 2.75) is 44.6 Å². The Kier molecular flexibility index (Phi) is 6.51. The van der Waals surface area contributed by atoms with Crippen LogP contribution in [-0.4, -0.2) is 30.3 Å². The quantitative estimate of drug-likeness (QED) is 0.284. The molecule has 7 nitrogen and oxygen atoms in total. The van der Waals surface area contributed by atoms with E-state index in [1.165, 1.54) is 12.1 Å². The molecule has 1 saturated carbocycles.